The molecule has 3 N–H and O–H groups in total. The fourth-order valence-electron chi connectivity index (χ4n) is 1.85. The van der Waals surface area contributed by atoms with Gasteiger partial charge in [0.15, 0.2) is 0 Å². The molecule has 0 fully saturated rings. The van der Waals surface area contributed by atoms with Gasteiger partial charge in [-0.15, -0.1) is 0 Å². The fraction of sp³-hybridized carbons (Fsp3) is 0.143. The van der Waals surface area contributed by atoms with Crippen molar-refractivity contribution in [1.82, 2.24) is 4.72 Å². The maximum Gasteiger partial charge on any atom is 0.241 e. The van der Waals surface area contributed by atoms with Gasteiger partial charge in [0.2, 0.25) is 10.0 Å². The predicted octanol–water partition coefficient (Wildman–Crippen LogP) is 1.90. The van der Waals surface area contributed by atoms with Gasteiger partial charge in [-0.2, -0.15) is 0 Å². The normalized spacial score (nSPS) is 11.6. The Hall–Kier alpha value is -1.83. The monoisotopic (exact) mass is 312 g/mol. The van der Waals surface area contributed by atoms with E-state index in [4.69, 9.17) is 5.73 Å². The summed E-state index contributed by atoms with van der Waals surface area (Å²) in [6.07, 6.45) is 0. The van der Waals surface area contributed by atoms with Gasteiger partial charge < -0.3 is 5.73 Å². The van der Waals surface area contributed by atoms with Crippen LogP contribution >= 0.6 is 0 Å². The van der Waals surface area contributed by atoms with E-state index in [1.165, 1.54) is 12.1 Å². The summed E-state index contributed by atoms with van der Waals surface area (Å²) >= 11 is 0. The number of sulfonamides is 1. The molecule has 0 saturated heterocycles. The molecular formula is C14H14F2N2O2S. The first-order chi connectivity index (χ1) is 9.94. The molecule has 0 amide bonds. The molecule has 2 aromatic carbocycles. The van der Waals surface area contributed by atoms with Gasteiger partial charge in [-0.3, -0.25) is 0 Å². The van der Waals surface area contributed by atoms with Crippen LogP contribution < -0.4 is 10.5 Å². The Morgan fingerprint density at radius 1 is 1.05 bits per heavy atom. The molecule has 0 spiro atoms. The molecule has 112 valence electrons. The van der Waals surface area contributed by atoms with Crippen molar-refractivity contribution in [3.05, 3.63) is 65.2 Å². The van der Waals surface area contributed by atoms with Crippen LogP contribution in [0.2, 0.25) is 0 Å². The molecule has 0 heterocycles. The summed E-state index contributed by atoms with van der Waals surface area (Å²) in [6, 6.07) is 9.26. The third-order valence-electron chi connectivity index (χ3n) is 2.95. The van der Waals surface area contributed by atoms with E-state index < -0.39 is 21.7 Å². The summed E-state index contributed by atoms with van der Waals surface area (Å²) in [5.41, 5.74) is 6.02. The van der Waals surface area contributed by atoms with Gasteiger partial charge in [0.1, 0.15) is 11.6 Å². The van der Waals surface area contributed by atoms with Gasteiger partial charge >= 0.3 is 0 Å². The molecule has 0 atom stereocenters. The molecule has 0 aliphatic heterocycles. The smallest absolute Gasteiger partial charge is 0.241 e. The molecule has 0 saturated carbocycles. The SMILES string of the molecule is NCc1ccccc1S(=O)(=O)NCc1ccc(F)cc1F. The van der Waals surface area contributed by atoms with Crippen molar-refractivity contribution in [3.63, 3.8) is 0 Å². The van der Waals surface area contributed by atoms with Gasteiger partial charge in [-0.1, -0.05) is 24.3 Å². The lowest BCUT2D eigenvalue weighted by atomic mass is 10.2. The number of hydrogen-bond donors (Lipinski definition) is 2. The number of rotatable bonds is 5. The van der Waals surface area contributed by atoms with Crippen LogP contribution in [0.1, 0.15) is 11.1 Å². The van der Waals surface area contributed by atoms with E-state index in [9.17, 15) is 17.2 Å². The van der Waals surface area contributed by atoms with Crippen molar-refractivity contribution in [1.29, 1.82) is 0 Å². The zero-order valence-electron chi connectivity index (χ0n) is 11.0. The Kier molecular flexibility index (Phi) is 4.66. The van der Waals surface area contributed by atoms with Gasteiger partial charge in [0, 0.05) is 24.7 Å². The lowest BCUT2D eigenvalue weighted by Gasteiger charge is -2.10. The molecule has 0 aromatic heterocycles. The Labute approximate surface area is 121 Å². The molecule has 0 aliphatic carbocycles. The largest absolute Gasteiger partial charge is 0.326 e. The van der Waals surface area contributed by atoms with Crippen LogP contribution in [0.3, 0.4) is 0 Å². The molecule has 4 nitrogen and oxygen atoms in total. The Balaban J connectivity index is 2.22. The van der Waals surface area contributed by atoms with E-state index in [1.807, 2.05) is 0 Å². The van der Waals surface area contributed by atoms with Crippen LogP contribution in [0.25, 0.3) is 0 Å². The van der Waals surface area contributed by atoms with Gasteiger partial charge in [-0.05, 0) is 17.7 Å². The number of nitrogens with two attached hydrogens (primary N) is 1. The summed E-state index contributed by atoms with van der Waals surface area (Å²) in [5, 5.41) is 0. The number of hydrogen-bond acceptors (Lipinski definition) is 3. The minimum Gasteiger partial charge on any atom is -0.326 e. The van der Waals surface area contributed by atoms with Crippen LogP contribution in [0.5, 0.6) is 0 Å². The molecule has 0 radical (unpaired) electrons. The number of halogens is 2. The van der Waals surface area contributed by atoms with Crippen LogP contribution in [0.15, 0.2) is 47.4 Å². The summed E-state index contributed by atoms with van der Waals surface area (Å²) < 4.78 is 53.0. The molecule has 2 rings (SSSR count). The average molecular weight is 312 g/mol. The first-order valence-electron chi connectivity index (χ1n) is 6.15. The topological polar surface area (TPSA) is 72.2 Å². The van der Waals surface area contributed by atoms with Crippen molar-refractivity contribution >= 4 is 10.0 Å². The minimum absolute atomic E-state index is 0.0509. The van der Waals surface area contributed by atoms with Crippen molar-refractivity contribution < 1.29 is 17.2 Å². The maximum atomic E-state index is 13.5. The van der Waals surface area contributed by atoms with E-state index in [0.717, 1.165) is 6.07 Å². The van der Waals surface area contributed by atoms with E-state index in [-0.39, 0.29) is 23.5 Å². The highest BCUT2D eigenvalue weighted by Gasteiger charge is 2.17. The van der Waals surface area contributed by atoms with Gasteiger partial charge in [0.05, 0.1) is 4.90 Å². The molecular weight excluding hydrogens is 298 g/mol. The molecule has 0 unspecified atom stereocenters. The third-order valence-corrected chi connectivity index (χ3v) is 4.45. The highest BCUT2D eigenvalue weighted by Crippen LogP contribution is 2.16. The van der Waals surface area contributed by atoms with Crippen LogP contribution in [0, 0.1) is 11.6 Å². The summed E-state index contributed by atoms with van der Waals surface area (Å²) in [5.74, 6) is -1.52. The third kappa shape index (κ3) is 3.63. The Bertz CT molecular complexity index is 748. The second kappa shape index (κ2) is 6.30. The van der Waals surface area contributed by atoms with Crippen LogP contribution in [0.4, 0.5) is 8.78 Å². The highest BCUT2D eigenvalue weighted by molar-refractivity contribution is 7.89. The second-order valence-electron chi connectivity index (χ2n) is 4.37. The number of nitrogens with one attached hydrogen (secondary N) is 1. The van der Waals surface area contributed by atoms with Crippen molar-refractivity contribution in [3.8, 4) is 0 Å². The quantitative estimate of drug-likeness (QED) is 0.886. The summed E-state index contributed by atoms with van der Waals surface area (Å²) in [4.78, 5) is 0.0509. The van der Waals surface area contributed by atoms with Crippen molar-refractivity contribution in [2.24, 2.45) is 5.73 Å². The zero-order chi connectivity index (χ0) is 15.5. The zero-order valence-corrected chi connectivity index (χ0v) is 11.8. The maximum absolute atomic E-state index is 13.5. The first-order valence-corrected chi connectivity index (χ1v) is 7.64. The predicted molar refractivity (Wildman–Crippen MR) is 74.7 cm³/mol. The van der Waals surface area contributed by atoms with Gasteiger partial charge in [-0.25, -0.2) is 21.9 Å². The van der Waals surface area contributed by atoms with Crippen LogP contribution in [-0.4, -0.2) is 8.42 Å². The average Bonchev–Trinajstić information content (AvgIpc) is 2.46. The minimum atomic E-state index is -3.82. The lowest BCUT2D eigenvalue weighted by Crippen LogP contribution is -2.25. The number of benzene rings is 2. The molecule has 2 aromatic rings. The fourth-order valence-corrected chi connectivity index (χ4v) is 3.11. The summed E-state index contributed by atoms with van der Waals surface area (Å²) in [7, 11) is -3.82. The van der Waals surface area contributed by atoms with E-state index in [0.29, 0.717) is 11.6 Å². The highest BCUT2D eigenvalue weighted by atomic mass is 32.2. The van der Waals surface area contributed by atoms with E-state index in [2.05, 4.69) is 4.72 Å². The molecule has 21 heavy (non-hydrogen) atoms. The first kappa shape index (κ1) is 15.6. The Morgan fingerprint density at radius 2 is 1.76 bits per heavy atom. The lowest BCUT2D eigenvalue weighted by molar-refractivity contribution is 0.562. The standard InChI is InChI=1S/C14H14F2N2O2S/c15-12-6-5-11(13(16)7-12)9-18-21(19,20)14-4-2-1-3-10(14)8-17/h1-7,18H,8-9,17H2. The second-order valence-corrected chi connectivity index (χ2v) is 6.11. The van der Waals surface area contributed by atoms with E-state index >= 15 is 0 Å². The molecule has 0 aliphatic rings. The Morgan fingerprint density at radius 3 is 2.43 bits per heavy atom. The molecule has 7 heteroatoms. The van der Waals surface area contributed by atoms with Crippen molar-refractivity contribution in [2.75, 3.05) is 0 Å². The van der Waals surface area contributed by atoms with E-state index in [1.54, 1.807) is 18.2 Å². The van der Waals surface area contributed by atoms with Crippen molar-refractivity contribution in [2.45, 2.75) is 18.0 Å². The molecule has 0 bridgehead atoms. The summed E-state index contributed by atoms with van der Waals surface area (Å²) in [6.45, 7) is -0.199. The van der Waals surface area contributed by atoms with Crippen LogP contribution in [-0.2, 0) is 23.1 Å². The van der Waals surface area contributed by atoms with Gasteiger partial charge in [0.25, 0.3) is 0 Å².